The summed E-state index contributed by atoms with van der Waals surface area (Å²) in [6.45, 7) is 2.38. The van der Waals surface area contributed by atoms with Crippen LogP contribution in [0, 0.1) is 14.9 Å². The third-order valence-corrected chi connectivity index (χ3v) is 3.41. The molecular weight excluding hydrogens is 383 g/mol. The third-order valence-electron chi connectivity index (χ3n) is 2.60. The zero-order valence-electron chi connectivity index (χ0n) is 12.4. The molecular formula is C15H17IN2O3. The molecule has 0 atom stereocenters. The van der Waals surface area contributed by atoms with Crippen molar-refractivity contribution >= 4 is 34.6 Å². The molecule has 0 saturated heterocycles. The molecule has 0 bridgehead atoms. The number of likely N-dealkylation sites (N-methyl/N-ethyl adjacent to an activating group) is 1. The van der Waals surface area contributed by atoms with Gasteiger partial charge < -0.3 is 14.4 Å². The van der Waals surface area contributed by atoms with Crippen molar-refractivity contribution < 1.29 is 14.3 Å². The van der Waals surface area contributed by atoms with E-state index in [-0.39, 0.29) is 11.5 Å². The Bertz CT molecular complexity index is 604. The third kappa shape index (κ3) is 4.36. The Labute approximate surface area is 138 Å². The van der Waals surface area contributed by atoms with Crippen LogP contribution >= 0.6 is 22.6 Å². The quantitative estimate of drug-likeness (QED) is 0.433. The zero-order valence-corrected chi connectivity index (χ0v) is 14.6. The van der Waals surface area contributed by atoms with E-state index in [0.717, 1.165) is 9.13 Å². The molecule has 0 N–H and O–H groups in total. The van der Waals surface area contributed by atoms with E-state index in [1.54, 1.807) is 33.3 Å². The number of benzene rings is 1. The van der Waals surface area contributed by atoms with Crippen LogP contribution < -0.4 is 9.47 Å². The van der Waals surface area contributed by atoms with Crippen LogP contribution in [0.25, 0.3) is 6.08 Å². The molecule has 0 aliphatic carbocycles. The highest BCUT2D eigenvalue weighted by molar-refractivity contribution is 14.1. The van der Waals surface area contributed by atoms with Gasteiger partial charge >= 0.3 is 0 Å². The highest BCUT2D eigenvalue weighted by atomic mass is 127. The fourth-order valence-electron chi connectivity index (χ4n) is 1.68. The fraction of sp³-hybridized carbons (Fsp3) is 0.333. The van der Waals surface area contributed by atoms with Crippen LogP contribution in [0.3, 0.4) is 0 Å². The van der Waals surface area contributed by atoms with Crippen molar-refractivity contribution in [2.45, 2.75) is 6.92 Å². The monoisotopic (exact) mass is 400 g/mol. The van der Waals surface area contributed by atoms with E-state index in [9.17, 15) is 4.79 Å². The zero-order chi connectivity index (χ0) is 16.0. The van der Waals surface area contributed by atoms with E-state index in [0.29, 0.717) is 18.1 Å². The topological polar surface area (TPSA) is 62.6 Å². The molecule has 5 nitrogen and oxygen atoms in total. The lowest BCUT2D eigenvalue weighted by atomic mass is 10.1. The van der Waals surface area contributed by atoms with E-state index in [1.807, 2.05) is 19.1 Å². The summed E-state index contributed by atoms with van der Waals surface area (Å²) in [5, 5.41) is 9.13. The SMILES string of the molecule is CCOc1cc(/C=C(/C#N)C(=O)N(C)C)cc(I)c1OC. The van der Waals surface area contributed by atoms with E-state index in [2.05, 4.69) is 22.6 Å². The molecule has 21 heavy (non-hydrogen) atoms. The van der Waals surface area contributed by atoms with Crippen molar-refractivity contribution in [2.24, 2.45) is 0 Å². The summed E-state index contributed by atoms with van der Waals surface area (Å²) in [5.74, 6) is 0.904. The van der Waals surface area contributed by atoms with Gasteiger partial charge in [0, 0.05) is 14.1 Å². The number of nitriles is 1. The molecule has 0 radical (unpaired) electrons. The van der Waals surface area contributed by atoms with E-state index in [1.165, 1.54) is 4.90 Å². The summed E-state index contributed by atoms with van der Waals surface area (Å²) in [6, 6.07) is 5.52. The Balaban J connectivity index is 3.31. The van der Waals surface area contributed by atoms with Crippen LogP contribution in [-0.2, 0) is 4.79 Å². The number of halogens is 1. The number of nitrogens with zero attached hydrogens (tertiary/aromatic N) is 2. The predicted octanol–water partition coefficient (Wildman–Crippen LogP) is 2.69. The largest absolute Gasteiger partial charge is 0.492 e. The highest BCUT2D eigenvalue weighted by Crippen LogP contribution is 2.34. The van der Waals surface area contributed by atoms with Crippen LogP contribution in [0.4, 0.5) is 0 Å². The van der Waals surface area contributed by atoms with Gasteiger partial charge in [0.25, 0.3) is 5.91 Å². The molecule has 0 aliphatic rings. The summed E-state index contributed by atoms with van der Waals surface area (Å²) >= 11 is 2.13. The number of amides is 1. The molecule has 0 saturated carbocycles. The molecule has 6 heteroatoms. The van der Waals surface area contributed by atoms with Gasteiger partial charge in [-0.2, -0.15) is 5.26 Å². The summed E-state index contributed by atoms with van der Waals surface area (Å²) < 4.78 is 11.7. The summed E-state index contributed by atoms with van der Waals surface area (Å²) in [5.41, 5.74) is 0.791. The minimum Gasteiger partial charge on any atom is -0.492 e. The molecule has 0 heterocycles. The van der Waals surface area contributed by atoms with Gasteiger partial charge in [0.1, 0.15) is 11.6 Å². The van der Waals surface area contributed by atoms with Crippen molar-refractivity contribution in [1.29, 1.82) is 5.26 Å². The Kier molecular flexibility index (Phi) is 6.49. The number of carbonyl (C=O) groups is 1. The van der Waals surface area contributed by atoms with Gasteiger partial charge in [-0.1, -0.05) is 0 Å². The molecule has 0 unspecified atom stereocenters. The molecule has 0 fully saturated rings. The lowest BCUT2D eigenvalue weighted by molar-refractivity contribution is -0.124. The Morgan fingerprint density at radius 1 is 1.48 bits per heavy atom. The van der Waals surface area contributed by atoms with Crippen molar-refractivity contribution in [3.8, 4) is 17.6 Å². The molecule has 0 aromatic heterocycles. The van der Waals surface area contributed by atoms with Crippen LogP contribution in [-0.4, -0.2) is 38.6 Å². The minimum absolute atomic E-state index is 0.0726. The maximum Gasteiger partial charge on any atom is 0.264 e. The second kappa shape index (κ2) is 7.88. The van der Waals surface area contributed by atoms with E-state index >= 15 is 0 Å². The second-order valence-corrected chi connectivity index (χ2v) is 5.50. The average Bonchev–Trinajstić information content (AvgIpc) is 2.44. The molecule has 0 aliphatic heterocycles. The van der Waals surface area contributed by atoms with Crippen LogP contribution in [0.2, 0.25) is 0 Å². The van der Waals surface area contributed by atoms with Crippen LogP contribution in [0.15, 0.2) is 17.7 Å². The number of carbonyl (C=O) groups excluding carboxylic acids is 1. The first-order valence-electron chi connectivity index (χ1n) is 6.28. The van der Waals surface area contributed by atoms with Gasteiger partial charge in [-0.25, -0.2) is 0 Å². The Morgan fingerprint density at radius 3 is 2.62 bits per heavy atom. The first-order chi connectivity index (χ1) is 9.94. The average molecular weight is 400 g/mol. The van der Waals surface area contributed by atoms with Gasteiger partial charge in [0.15, 0.2) is 11.5 Å². The number of methoxy groups -OCH3 is 1. The highest BCUT2D eigenvalue weighted by Gasteiger charge is 2.14. The fourth-order valence-corrected chi connectivity index (χ4v) is 2.53. The van der Waals surface area contributed by atoms with Crippen molar-refractivity contribution in [3.05, 3.63) is 26.8 Å². The first-order valence-corrected chi connectivity index (χ1v) is 7.36. The van der Waals surface area contributed by atoms with Gasteiger partial charge in [-0.3, -0.25) is 4.79 Å². The summed E-state index contributed by atoms with van der Waals surface area (Å²) in [6.07, 6.45) is 1.55. The van der Waals surface area contributed by atoms with E-state index in [4.69, 9.17) is 14.7 Å². The van der Waals surface area contributed by atoms with Crippen molar-refractivity contribution in [2.75, 3.05) is 27.8 Å². The first kappa shape index (κ1) is 17.3. The normalized spacial score (nSPS) is 10.8. The second-order valence-electron chi connectivity index (χ2n) is 4.34. The minimum atomic E-state index is -0.332. The maximum atomic E-state index is 11.9. The molecule has 112 valence electrons. The lowest BCUT2D eigenvalue weighted by Gasteiger charge is -2.13. The Hall–Kier alpha value is -1.75. The number of hydrogen-bond acceptors (Lipinski definition) is 4. The standard InChI is InChI=1S/C15H17IN2O3/c1-5-21-13-8-10(7-12(16)14(13)20-4)6-11(9-17)15(19)18(2)3/h6-8H,5H2,1-4H3/b11-6-. The Morgan fingerprint density at radius 2 is 2.14 bits per heavy atom. The van der Waals surface area contributed by atoms with Gasteiger partial charge in [0.2, 0.25) is 0 Å². The van der Waals surface area contributed by atoms with Gasteiger partial charge in [-0.05, 0) is 53.3 Å². The van der Waals surface area contributed by atoms with Crippen LogP contribution in [0.5, 0.6) is 11.5 Å². The van der Waals surface area contributed by atoms with Gasteiger partial charge in [-0.15, -0.1) is 0 Å². The number of hydrogen-bond donors (Lipinski definition) is 0. The lowest BCUT2D eigenvalue weighted by Crippen LogP contribution is -2.22. The van der Waals surface area contributed by atoms with E-state index < -0.39 is 0 Å². The maximum absolute atomic E-state index is 11.9. The predicted molar refractivity (Wildman–Crippen MR) is 89.2 cm³/mol. The van der Waals surface area contributed by atoms with Crippen molar-refractivity contribution in [1.82, 2.24) is 4.90 Å². The summed E-state index contributed by atoms with van der Waals surface area (Å²) in [4.78, 5) is 13.2. The number of ether oxygens (including phenoxy) is 2. The van der Waals surface area contributed by atoms with Crippen LogP contribution in [0.1, 0.15) is 12.5 Å². The molecule has 1 aromatic carbocycles. The smallest absolute Gasteiger partial charge is 0.264 e. The van der Waals surface area contributed by atoms with Gasteiger partial charge in [0.05, 0.1) is 17.3 Å². The molecule has 1 rings (SSSR count). The molecule has 1 amide bonds. The van der Waals surface area contributed by atoms with Crippen molar-refractivity contribution in [3.63, 3.8) is 0 Å². The molecule has 1 aromatic rings. The number of rotatable bonds is 5. The summed E-state index contributed by atoms with van der Waals surface area (Å²) in [7, 11) is 4.79. The molecule has 0 spiro atoms.